The molecule has 0 aliphatic rings. The van der Waals surface area contributed by atoms with Crippen LogP contribution >= 0.6 is 27.5 Å². The highest BCUT2D eigenvalue weighted by Crippen LogP contribution is 2.31. The van der Waals surface area contributed by atoms with E-state index in [1.165, 1.54) is 6.20 Å². The fourth-order valence-electron chi connectivity index (χ4n) is 1.58. The predicted molar refractivity (Wildman–Crippen MR) is 95.6 cm³/mol. The highest BCUT2D eigenvalue weighted by molar-refractivity contribution is 9.10. The van der Waals surface area contributed by atoms with Crippen LogP contribution in [0, 0.1) is 0 Å². The molecular weight excluding hydrogens is 384 g/mol. The summed E-state index contributed by atoms with van der Waals surface area (Å²) in [5.74, 6) is 0.279. The first-order valence-electron chi connectivity index (χ1n) is 7.02. The Balaban J connectivity index is 3.25. The van der Waals surface area contributed by atoms with Crippen LogP contribution in [0.4, 0.5) is 10.6 Å². The Morgan fingerprint density at radius 1 is 1.22 bits per heavy atom. The van der Waals surface area contributed by atoms with E-state index in [2.05, 4.69) is 27.5 Å². The maximum atomic E-state index is 12.6. The fraction of sp³-hybridized carbons (Fsp3) is 0.500. The number of rotatable bonds is 3. The van der Waals surface area contributed by atoms with Crippen LogP contribution in [0.5, 0.6) is 0 Å². The lowest BCUT2D eigenvalue weighted by Crippen LogP contribution is -2.39. The Labute approximate surface area is 150 Å². The van der Waals surface area contributed by atoms with Gasteiger partial charge in [0.25, 0.3) is 0 Å². The van der Waals surface area contributed by atoms with E-state index in [-0.39, 0.29) is 16.7 Å². The van der Waals surface area contributed by atoms with Crippen LogP contribution in [0.2, 0.25) is 5.02 Å². The Bertz CT molecular complexity index is 578. The third-order valence-corrected chi connectivity index (χ3v) is 2.96. The molecule has 5 nitrogen and oxygen atoms in total. The average molecular weight is 406 g/mol. The number of ether oxygens (including phenoxy) is 2. The van der Waals surface area contributed by atoms with E-state index in [0.29, 0.717) is 4.47 Å². The Hall–Kier alpha value is -1.27. The minimum absolute atomic E-state index is 0.0865. The molecule has 0 aromatic carbocycles. The number of anilines is 1. The third kappa shape index (κ3) is 6.39. The number of aromatic nitrogens is 1. The second kappa shape index (κ2) is 7.09. The van der Waals surface area contributed by atoms with Crippen molar-refractivity contribution in [2.24, 2.45) is 0 Å². The molecule has 7 heteroatoms. The summed E-state index contributed by atoms with van der Waals surface area (Å²) in [6.07, 6.45) is 0.867. The van der Waals surface area contributed by atoms with Gasteiger partial charge in [-0.1, -0.05) is 11.6 Å². The van der Waals surface area contributed by atoms with Crippen molar-refractivity contribution in [2.45, 2.75) is 52.7 Å². The van der Waals surface area contributed by atoms with Gasteiger partial charge < -0.3 is 9.47 Å². The van der Waals surface area contributed by atoms with Gasteiger partial charge in [0.05, 0.1) is 5.02 Å². The number of hydrogen-bond donors (Lipinski definition) is 0. The minimum atomic E-state index is -0.681. The summed E-state index contributed by atoms with van der Waals surface area (Å²) in [6.45, 7) is 14.7. The molecule has 0 aliphatic carbocycles. The van der Waals surface area contributed by atoms with Gasteiger partial charge in [-0.25, -0.2) is 9.78 Å². The molecule has 0 saturated carbocycles. The van der Waals surface area contributed by atoms with Crippen molar-refractivity contribution >= 4 is 39.4 Å². The smallest absolute Gasteiger partial charge is 0.423 e. The van der Waals surface area contributed by atoms with Gasteiger partial charge in [-0.15, -0.1) is 0 Å². The van der Waals surface area contributed by atoms with Crippen LogP contribution < -0.4 is 4.90 Å². The first-order chi connectivity index (χ1) is 10.3. The van der Waals surface area contributed by atoms with E-state index in [9.17, 15) is 4.79 Å². The first-order valence-corrected chi connectivity index (χ1v) is 8.19. The standard InChI is InChI=1S/C16H22BrClN2O3/c1-10(22-15(2,3)4)20(14(21)23-16(5,6)7)13-12(18)8-11(17)9-19-13/h8-9H,1H2,2-7H3. The SMILES string of the molecule is C=C(OC(C)(C)C)N(C(=O)OC(C)(C)C)c1ncc(Br)cc1Cl. The van der Waals surface area contributed by atoms with Crippen LogP contribution in [-0.4, -0.2) is 22.3 Å². The molecule has 0 saturated heterocycles. The highest BCUT2D eigenvalue weighted by atomic mass is 79.9. The lowest BCUT2D eigenvalue weighted by Gasteiger charge is -2.31. The van der Waals surface area contributed by atoms with E-state index in [1.54, 1.807) is 26.8 Å². The Morgan fingerprint density at radius 2 is 1.74 bits per heavy atom. The van der Waals surface area contributed by atoms with Crippen LogP contribution in [0.25, 0.3) is 0 Å². The van der Waals surface area contributed by atoms with Gasteiger partial charge in [0.1, 0.15) is 11.2 Å². The summed E-state index contributed by atoms with van der Waals surface area (Å²) < 4.78 is 11.8. The number of hydrogen-bond acceptors (Lipinski definition) is 4. The van der Waals surface area contributed by atoms with Crippen molar-refractivity contribution in [3.05, 3.63) is 34.2 Å². The van der Waals surface area contributed by atoms with Crippen molar-refractivity contribution in [3.63, 3.8) is 0 Å². The Morgan fingerprint density at radius 3 is 2.17 bits per heavy atom. The molecule has 1 rings (SSSR count). The first kappa shape index (κ1) is 19.8. The molecule has 128 valence electrons. The van der Waals surface area contributed by atoms with E-state index >= 15 is 0 Å². The summed E-state index contributed by atoms with van der Waals surface area (Å²) in [5.41, 5.74) is -1.22. The number of carbonyl (C=O) groups is 1. The van der Waals surface area contributed by atoms with Crippen molar-refractivity contribution in [1.82, 2.24) is 4.98 Å². The van der Waals surface area contributed by atoms with E-state index in [0.717, 1.165) is 4.90 Å². The molecule has 0 unspecified atom stereocenters. The largest absolute Gasteiger partial charge is 0.473 e. The fourth-order valence-corrected chi connectivity index (χ4v) is 2.30. The molecular formula is C16H22BrClN2O3. The van der Waals surface area contributed by atoms with Gasteiger partial charge in [0, 0.05) is 10.7 Å². The average Bonchev–Trinajstić information content (AvgIpc) is 2.27. The predicted octanol–water partition coefficient (Wildman–Crippen LogP) is 5.53. The zero-order valence-electron chi connectivity index (χ0n) is 14.2. The summed E-state index contributed by atoms with van der Waals surface area (Å²) in [6, 6.07) is 1.63. The maximum absolute atomic E-state index is 12.6. The summed E-state index contributed by atoms with van der Waals surface area (Å²) >= 11 is 9.50. The topological polar surface area (TPSA) is 51.7 Å². The van der Waals surface area contributed by atoms with Crippen molar-refractivity contribution < 1.29 is 14.3 Å². The summed E-state index contributed by atoms with van der Waals surface area (Å²) in [4.78, 5) is 17.9. The van der Waals surface area contributed by atoms with Crippen LogP contribution in [0.15, 0.2) is 29.2 Å². The van der Waals surface area contributed by atoms with Crippen LogP contribution in [-0.2, 0) is 9.47 Å². The van der Waals surface area contributed by atoms with Gasteiger partial charge in [-0.3, -0.25) is 0 Å². The lowest BCUT2D eigenvalue weighted by molar-refractivity contribution is 0.0345. The lowest BCUT2D eigenvalue weighted by atomic mass is 10.2. The normalized spacial score (nSPS) is 11.8. The summed E-state index contributed by atoms with van der Waals surface area (Å²) in [5, 5.41) is 0.267. The van der Waals surface area contributed by atoms with Gasteiger partial charge in [-0.05, 0) is 70.1 Å². The summed E-state index contributed by atoms with van der Waals surface area (Å²) in [7, 11) is 0. The van der Waals surface area contributed by atoms with Crippen molar-refractivity contribution in [2.75, 3.05) is 4.90 Å². The number of carbonyl (C=O) groups excluding carboxylic acids is 1. The van der Waals surface area contributed by atoms with Gasteiger partial charge in [0.2, 0.25) is 0 Å². The zero-order valence-corrected chi connectivity index (χ0v) is 16.6. The van der Waals surface area contributed by atoms with Crippen molar-refractivity contribution in [3.8, 4) is 0 Å². The molecule has 1 amide bonds. The van der Waals surface area contributed by atoms with Gasteiger partial charge in [-0.2, -0.15) is 4.90 Å². The van der Waals surface area contributed by atoms with E-state index in [1.807, 2.05) is 20.8 Å². The second-order valence-corrected chi connectivity index (χ2v) is 8.21. The van der Waals surface area contributed by atoms with Crippen LogP contribution in [0.1, 0.15) is 41.5 Å². The molecule has 0 spiro atoms. The van der Waals surface area contributed by atoms with Gasteiger partial charge >= 0.3 is 6.09 Å². The molecule has 0 atom stereocenters. The maximum Gasteiger partial charge on any atom is 0.423 e. The number of halogens is 2. The molecule has 1 aromatic rings. The van der Waals surface area contributed by atoms with Crippen molar-refractivity contribution in [1.29, 1.82) is 0 Å². The molecule has 0 bridgehead atoms. The number of amides is 1. The van der Waals surface area contributed by atoms with Crippen LogP contribution in [0.3, 0.4) is 0 Å². The monoisotopic (exact) mass is 404 g/mol. The second-order valence-electron chi connectivity index (χ2n) is 6.88. The van der Waals surface area contributed by atoms with Gasteiger partial charge in [0.15, 0.2) is 11.7 Å². The molecule has 0 N–H and O–H groups in total. The Kier molecular flexibility index (Phi) is 6.10. The van der Waals surface area contributed by atoms with E-state index in [4.69, 9.17) is 21.1 Å². The highest BCUT2D eigenvalue weighted by Gasteiger charge is 2.31. The minimum Gasteiger partial charge on any atom is -0.473 e. The number of pyridine rings is 1. The molecule has 0 aliphatic heterocycles. The molecule has 1 aromatic heterocycles. The third-order valence-electron chi connectivity index (χ3n) is 2.25. The molecule has 1 heterocycles. The molecule has 23 heavy (non-hydrogen) atoms. The molecule has 0 fully saturated rings. The molecule has 0 radical (unpaired) electrons. The zero-order chi connectivity index (χ0) is 18.0. The van der Waals surface area contributed by atoms with E-state index < -0.39 is 17.3 Å². The quantitative estimate of drug-likeness (QED) is 0.621. The number of nitrogens with zero attached hydrogens (tertiary/aromatic N) is 2.